The zero-order valence-electron chi connectivity index (χ0n) is 10.3. The highest BCUT2D eigenvalue weighted by Crippen LogP contribution is 2.21. The molecule has 6 N–H and O–H groups in total. The standard InChI is InChI=1S/C12H19N3O3/c1-18-7-9(4-5-16)15-11-6-8(12(14)17)2-3-10(11)13/h2-3,6,9,15-16H,4-5,7,13H2,1H3,(H2,14,17). The van der Waals surface area contributed by atoms with Gasteiger partial charge in [-0.3, -0.25) is 4.79 Å². The van der Waals surface area contributed by atoms with Crippen LogP contribution in [-0.2, 0) is 4.74 Å². The molecule has 0 radical (unpaired) electrons. The Morgan fingerprint density at radius 3 is 2.83 bits per heavy atom. The van der Waals surface area contributed by atoms with Gasteiger partial charge in [0.25, 0.3) is 0 Å². The highest BCUT2D eigenvalue weighted by molar-refractivity contribution is 5.94. The lowest BCUT2D eigenvalue weighted by Gasteiger charge is -2.19. The van der Waals surface area contributed by atoms with E-state index in [0.29, 0.717) is 30.0 Å². The van der Waals surface area contributed by atoms with E-state index in [0.717, 1.165) is 0 Å². The number of rotatable bonds is 7. The molecule has 0 spiro atoms. The van der Waals surface area contributed by atoms with Gasteiger partial charge in [-0.05, 0) is 24.6 Å². The van der Waals surface area contributed by atoms with Crippen LogP contribution < -0.4 is 16.8 Å². The van der Waals surface area contributed by atoms with E-state index in [1.54, 1.807) is 25.3 Å². The summed E-state index contributed by atoms with van der Waals surface area (Å²) in [5, 5.41) is 12.1. The van der Waals surface area contributed by atoms with Gasteiger partial charge in [-0.15, -0.1) is 0 Å². The van der Waals surface area contributed by atoms with Crippen LogP contribution in [0.4, 0.5) is 11.4 Å². The molecule has 6 nitrogen and oxygen atoms in total. The second-order valence-corrected chi connectivity index (χ2v) is 3.98. The van der Waals surface area contributed by atoms with Crippen molar-refractivity contribution in [3.05, 3.63) is 23.8 Å². The van der Waals surface area contributed by atoms with Crippen molar-refractivity contribution in [1.82, 2.24) is 0 Å². The van der Waals surface area contributed by atoms with Gasteiger partial charge in [0.1, 0.15) is 0 Å². The predicted octanol–water partition coefficient (Wildman–Crippen LogP) is 0.177. The summed E-state index contributed by atoms with van der Waals surface area (Å²) in [7, 11) is 1.58. The molecular weight excluding hydrogens is 234 g/mol. The third-order valence-corrected chi connectivity index (χ3v) is 2.54. The Balaban J connectivity index is 2.86. The van der Waals surface area contributed by atoms with Crippen LogP contribution in [0.15, 0.2) is 18.2 Å². The van der Waals surface area contributed by atoms with Crippen LogP contribution in [0.2, 0.25) is 0 Å². The van der Waals surface area contributed by atoms with Crippen molar-refractivity contribution in [1.29, 1.82) is 0 Å². The Hall–Kier alpha value is -1.79. The molecule has 0 aliphatic carbocycles. The third kappa shape index (κ3) is 3.90. The molecule has 1 atom stereocenters. The summed E-state index contributed by atoms with van der Waals surface area (Å²) in [4.78, 5) is 11.1. The molecule has 0 saturated carbocycles. The van der Waals surface area contributed by atoms with E-state index in [4.69, 9.17) is 21.3 Å². The smallest absolute Gasteiger partial charge is 0.248 e. The molecule has 1 aromatic rings. The van der Waals surface area contributed by atoms with Crippen molar-refractivity contribution in [2.45, 2.75) is 12.5 Å². The van der Waals surface area contributed by atoms with Crippen molar-refractivity contribution in [3.8, 4) is 0 Å². The summed E-state index contributed by atoms with van der Waals surface area (Å²) in [6.45, 7) is 0.469. The molecule has 100 valence electrons. The maximum absolute atomic E-state index is 11.1. The van der Waals surface area contributed by atoms with Gasteiger partial charge in [0.05, 0.1) is 24.0 Å². The van der Waals surface area contributed by atoms with Crippen molar-refractivity contribution >= 4 is 17.3 Å². The van der Waals surface area contributed by atoms with Crippen LogP contribution >= 0.6 is 0 Å². The van der Waals surface area contributed by atoms with Gasteiger partial charge in [0.15, 0.2) is 0 Å². The normalized spacial score (nSPS) is 12.1. The summed E-state index contributed by atoms with van der Waals surface area (Å²) in [6.07, 6.45) is 0.522. The minimum Gasteiger partial charge on any atom is -0.397 e. The summed E-state index contributed by atoms with van der Waals surface area (Å²) >= 11 is 0. The second-order valence-electron chi connectivity index (χ2n) is 3.98. The molecule has 6 heteroatoms. The number of benzene rings is 1. The number of hydrogen-bond acceptors (Lipinski definition) is 5. The number of aliphatic hydroxyl groups is 1. The second kappa shape index (κ2) is 6.83. The lowest BCUT2D eigenvalue weighted by atomic mass is 10.1. The molecule has 18 heavy (non-hydrogen) atoms. The number of primary amides is 1. The number of nitrogen functional groups attached to an aromatic ring is 1. The monoisotopic (exact) mass is 253 g/mol. The van der Waals surface area contributed by atoms with Gasteiger partial charge in [-0.2, -0.15) is 0 Å². The highest BCUT2D eigenvalue weighted by Gasteiger charge is 2.11. The van der Waals surface area contributed by atoms with E-state index < -0.39 is 5.91 Å². The van der Waals surface area contributed by atoms with Gasteiger partial charge in [-0.1, -0.05) is 0 Å². The predicted molar refractivity (Wildman–Crippen MR) is 70.4 cm³/mol. The summed E-state index contributed by atoms with van der Waals surface area (Å²) in [5.41, 5.74) is 12.5. The Morgan fingerprint density at radius 1 is 1.56 bits per heavy atom. The van der Waals surface area contributed by atoms with Crippen molar-refractivity contribution in [2.24, 2.45) is 5.73 Å². The molecule has 1 aromatic carbocycles. The van der Waals surface area contributed by atoms with Gasteiger partial charge in [0, 0.05) is 19.3 Å². The van der Waals surface area contributed by atoms with Crippen molar-refractivity contribution < 1.29 is 14.6 Å². The minimum atomic E-state index is -0.511. The number of methoxy groups -OCH3 is 1. The quantitative estimate of drug-likeness (QED) is 0.518. The van der Waals surface area contributed by atoms with Crippen molar-refractivity contribution in [3.63, 3.8) is 0 Å². The van der Waals surface area contributed by atoms with Crippen LogP contribution in [0, 0.1) is 0 Å². The maximum Gasteiger partial charge on any atom is 0.248 e. The minimum absolute atomic E-state index is 0.0381. The molecule has 0 aliphatic heterocycles. The molecule has 0 fully saturated rings. The first-order valence-corrected chi connectivity index (χ1v) is 5.64. The molecule has 0 heterocycles. The number of anilines is 2. The fraction of sp³-hybridized carbons (Fsp3) is 0.417. The molecule has 1 amide bonds. The zero-order valence-corrected chi connectivity index (χ0v) is 10.3. The van der Waals surface area contributed by atoms with E-state index in [1.807, 2.05) is 0 Å². The van der Waals surface area contributed by atoms with Crippen molar-refractivity contribution in [2.75, 3.05) is 31.4 Å². The van der Waals surface area contributed by atoms with Gasteiger partial charge in [0.2, 0.25) is 5.91 Å². The summed E-state index contributed by atoms with van der Waals surface area (Å²) in [6, 6.07) is 4.70. The van der Waals surface area contributed by atoms with E-state index in [-0.39, 0.29) is 12.6 Å². The Labute approximate surface area is 106 Å². The van der Waals surface area contributed by atoms with E-state index >= 15 is 0 Å². The van der Waals surface area contributed by atoms with Crippen LogP contribution in [0.3, 0.4) is 0 Å². The Morgan fingerprint density at radius 2 is 2.28 bits per heavy atom. The average Bonchev–Trinajstić information content (AvgIpc) is 2.32. The molecule has 0 aliphatic rings. The number of aliphatic hydroxyl groups excluding tert-OH is 1. The molecule has 1 unspecified atom stereocenters. The number of ether oxygens (including phenoxy) is 1. The van der Waals surface area contributed by atoms with Gasteiger partial charge >= 0.3 is 0 Å². The van der Waals surface area contributed by atoms with Crippen LogP contribution in [0.25, 0.3) is 0 Å². The summed E-state index contributed by atoms with van der Waals surface area (Å²) in [5.74, 6) is -0.511. The Kier molecular flexibility index (Phi) is 5.41. The van der Waals surface area contributed by atoms with Gasteiger partial charge in [-0.25, -0.2) is 0 Å². The number of hydrogen-bond donors (Lipinski definition) is 4. The number of amides is 1. The van der Waals surface area contributed by atoms with Crippen LogP contribution in [-0.4, -0.2) is 37.4 Å². The number of nitrogens with one attached hydrogen (secondary N) is 1. The van der Waals surface area contributed by atoms with Gasteiger partial charge < -0.3 is 26.6 Å². The van der Waals surface area contributed by atoms with E-state index in [9.17, 15) is 4.79 Å². The third-order valence-electron chi connectivity index (χ3n) is 2.54. The average molecular weight is 253 g/mol. The number of carbonyl (C=O) groups is 1. The largest absolute Gasteiger partial charge is 0.397 e. The fourth-order valence-corrected chi connectivity index (χ4v) is 1.61. The molecule has 0 saturated heterocycles. The maximum atomic E-state index is 11.1. The Bertz CT molecular complexity index is 404. The molecule has 1 rings (SSSR count). The molecular formula is C12H19N3O3. The van der Waals surface area contributed by atoms with Crippen LogP contribution in [0.1, 0.15) is 16.8 Å². The molecule has 0 aromatic heterocycles. The molecule has 0 bridgehead atoms. The zero-order chi connectivity index (χ0) is 13.5. The van der Waals surface area contributed by atoms with Crippen LogP contribution in [0.5, 0.6) is 0 Å². The summed E-state index contributed by atoms with van der Waals surface area (Å²) < 4.78 is 5.04. The van der Waals surface area contributed by atoms with E-state index in [1.165, 1.54) is 0 Å². The first-order valence-electron chi connectivity index (χ1n) is 5.64. The first kappa shape index (κ1) is 14.3. The number of nitrogens with two attached hydrogens (primary N) is 2. The first-order chi connectivity index (χ1) is 8.58. The lowest BCUT2D eigenvalue weighted by Crippen LogP contribution is -2.26. The van der Waals surface area contributed by atoms with E-state index in [2.05, 4.69) is 5.32 Å². The highest BCUT2D eigenvalue weighted by atomic mass is 16.5. The topological polar surface area (TPSA) is 111 Å². The lowest BCUT2D eigenvalue weighted by molar-refractivity contribution is 0.100. The number of carbonyl (C=O) groups excluding carboxylic acids is 1. The fourth-order valence-electron chi connectivity index (χ4n) is 1.61. The SMILES string of the molecule is COCC(CCO)Nc1cc(C(N)=O)ccc1N.